The molecule has 1 heterocycles. The second-order valence-electron chi connectivity index (χ2n) is 5.94. The largest absolute Gasteiger partial charge is 0.370 e. The van der Waals surface area contributed by atoms with Crippen molar-refractivity contribution in [1.82, 2.24) is 4.90 Å². The van der Waals surface area contributed by atoms with Crippen molar-refractivity contribution in [2.24, 2.45) is 10.7 Å². The molecule has 0 aromatic heterocycles. The highest BCUT2D eigenvalue weighted by atomic mass is 15.4. The number of nitrogens with two attached hydrogens (primary N) is 1. The molecule has 1 aliphatic heterocycles. The summed E-state index contributed by atoms with van der Waals surface area (Å²) in [7, 11) is 0. The number of nitrogens with zero attached hydrogens (tertiary/aromatic N) is 2. The minimum atomic E-state index is 0.220. The molecule has 2 aliphatic rings. The average Bonchev–Trinajstić information content (AvgIpc) is 3.07. The summed E-state index contributed by atoms with van der Waals surface area (Å²) in [5.41, 5.74) is 6.24. The van der Waals surface area contributed by atoms with Crippen LogP contribution in [0.3, 0.4) is 0 Å². The number of hydrogen-bond acceptors (Lipinski definition) is 3. The van der Waals surface area contributed by atoms with E-state index in [1.807, 2.05) is 0 Å². The second-order valence-corrected chi connectivity index (χ2v) is 5.94. The summed E-state index contributed by atoms with van der Waals surface area (Å²) in [6.07, 6.45) is 10.6. The first-order valence-electron chi connectivity index (χ1n) is 7.26. The third kappa shape index (κ3) is 2.93. The van der Waals surface area contributed by atoms with E-state index >= 15 is 0 Å². The molecule has 0 bridgehead atoms. The minimum Gasteiger partial charge on any atom is -0.370 e. The Balaban J connectivity index is 1.78. The van der Waals surface area contributed by atoms with E-state index < -0.39 is 0 Å². The third-order valence-corrected chi connectivity index (χ3v) is 4.14. The summed E-state index contributed by atoms with van der Waals surface area (Å²) in [6.45, 7) is 5.51. The van der Waals surface area contributed by atoms with Crippen LogP contribution in [-0.2, 0) is 0 Å². The van der Waals surface area contributed by atoms with Gasteiger partial charge in [0.15, 0.2) is 5.96 Å². The van der Waals surface area contributed by atoms with Crippen molar-refractivity contribution in [3.05, 3.63) is 0 Å². The number of rotatable bonds is 7. The quantitative estimate of drug-likeness (QED) is 0.692. The summed E-state index contributed by atoms with van der Waals surface area (Å²) >= 11 is 0. The Hall–Kier alpha value is -0.730. The third-order valence-electron chi connectivity index (χ3n) is 4.14. The summed E-state index contributed by atoms with van der Waals surface area (Å²) in [5, 5.41) is 0. The lowest BCUT2D eigenvalue weighted by molar-refractivity contribution is 0.194. The molecule has 3 nitrogen and oxygen atoms in total. The fourth-order valence-corrected chi connectivity index (χ4v) is 2.95. The Kier molecular flexibility index (Phi) is 3.95. The molecule has 0 radical (unpaired) electrons. The van der Waals surface area contributed by atoms with Gasteiger partial charge in [-0.1, -0.05) is 39.0 Å². The van der Waals surface area contributed by atoms with E-state index in [1.54, 1.807) is 0 Å². The van der Waals surface area contributed by atoms with Gasteiger partial charge in [-0.25, -0.2) is 0 Å². The first kappa shape index (κ1) is 12.7. The van der Waals surface area contributed by atoms with Gasteiger partial charge in [-0.05, 0) is 26.2 Å². The Morgan fingerprint density at radius 1 is 1.29 bits per heavy atom. The summed E-state index contributed by atoms with van der Waals surface area (Å²) in [5.74, 6) is 0.795. The van der Waals surface area contributed by atoms with Crippen LogP contribution < -0.4 is 5.73 Å². The molecule has 1 saturated carbocycles. The van der Waals surface area contributed by atoms with Crippen LogP contribution in [0.1, 0.15) is 65.2 Å². The van der Waals surface area contributed by atoms with Crippen LogP contribution in [0.2, 0.25) is 0 Å². The maximum absolute atomic E-state index is 6.02. The molecule has 0 amide bonds. The highest BCUT2D eigenvalue weighted by Crippen LogP contribution is 2.38. The Labute approximate surface area is 105 Å². The van der Waals surface area contributed by atoms with Gasteiger partial charge in [0, 0.05) is 6.04 Å². The van der Waals surface area contributed by atoms with Crippen LogP contribution in [0, 0.1) is 0 Å². The molecule has 0 saturated heterocycles. The summed E-state index contributed by atoms with van der Waals surface area (Å²) < 4.78 is 0. The van der Waals surface area contributed by atoms with Gasteiger partial charge >= 0.3 is 0 Å². The van der Waals surface area contributed by atoms with E-state index in [0.29, 0.717) is 6.04 Å². The maximum atomic E-state index is 6.02. The van der Waals surface area contributed by atoms with Crippen LogP contribution in [0.4, 0.5) is 0 Å². The lowest BCUT2D eigenvalue weighted by Crippen LogP contribution is -2.50. The number of aliphatic imine (C=N–C) groups is 1. The summed E-state index contributed by atoms with van der Waals surface area (Å²) in [4.78, 5) is 6.88. The van der Waals surface area contributed by atoms with Crippen molar-refractivity contribution in [2.45, 2.75) is 76.8 Å². The van der Waals surface area contributed by atoms with Gasteiger partial charge in [0.1, 0.15) is 0 Å². The van der Waals surface area contributed by atoms with E-state index in [1.165, 1.54) is 51.4 Å². The predicted octanol–water partition coefficient (Wildman–Crippen LogP) is 2.90. The van der Waals surface area contributed by atoms with E-state index in [4.69, 9.17) is 5.73 Å². The van der Waals surface area contributed by atoms with E-state index in [9.17, 15) is 0 Å². The van der Waals surface area contributed by atoms with Gasteiger partial charge in [-0.15, -0.1) is 0 Å². The molecule has 1 aliphatic carbocycles. The molecule has 2 N–H and O–H groups in total. The molecular weight excluding hydrogens is 210 g/mol. The molecule has 1 unspecified atom stereocenters. The Morgan fingerprint density at radius 3 is 2.65 bits per heavy atom. The van der Waals surface area contributed by atoms with Crippen molar-refractivity contribution < 1.29 is 0 Å². The average molecular weight is 237 g/mol. The van der Waals surface area contributed by atoms with Crippen LogP contribution in [0.15, 0.2) is 4.99 Å². The van der Waals surface area contributed by atoms with Crippen molar-refractivity contribution in [1.29, 1.82) is 0 Å². The zero-order valence-electron chi connectivity index (χ0n) is 11.4. The molecule has 17 heavy (non-hydrogen) atoms. The standard InChI is InChI=1S/C14H27N3/c1-3-4-5-6-7-10-14(2)11-16-13(15)17(14)12-8-9-12/h12H,3-11H2,1-2H3,(H2,15,16). The Bertz CT molecular complexity index is 283. The molecule has 0 spiro atoms. The van der Waals surface area contributed by atoms with E-state index in [-0.39, 0.29) is 5.54 Å². The van der Waals surface area contributed by atoms with Gasteiger partial charge in [0.25, 0.3) is 0 Å². The van der Waals surface area contributed by atoms with Gasteiger partial charge < -0.3 is 10.6 Å². The van der Waals surface area contributed by atoms with Gasteiger partial charge in [-0.3, -0.25) is 4.99 Å². The maximum Gasteiger partial charge on any atom is 0.192 e. The lowest BCUT2D eigenvalue weighted by Gasteiger charge is -2.36. The minimum absolute atomic E-state index is 0.220. The van der Waals surface area contributed by atoms with Gasteiger partial charge in [0.05, 0.1) is 12.1 Å². The van der Waals surface area contributed by atoms with Gasteiger partial charge in [-0.2, -0.15) is 0 Å². The monoisotopic (exact) mass is 237 g/mol. The molecule has 0 aromatic rings. The van der Waals surface area contributed by atoms with Crippen molar-refractivity contribution in [3.63, 3.8) is 0 Å². The molecular formula is C14H27N3. The van der Waals surface area contributed by atoms with Gasteiger partial charge in [0.2, 0.25) is 0 Å². The molecule has 1 fully saturated rings. The van der Waals surface area contributed by atoms with Crippen molar-refractivity contribution in [3.8, 4) is 0 Å². The predicted molar refractivity (Wildman–Crippen MR) is 73.1 cm³/mol. The molecule has 3 heteroatoms. The fourth-order valence-electron chi connectivity index (χ4n) is 2.95. The molecule has 98 valence electrons. The smallest absolute Gasteiger partial charge is 0.192 e. The van der Waals surface area contributed by atoms with Crippen molar-refractivity contribution in [2.75, 3.05) is 6.54 Å². The molecule has 0 aromatic carbocycles. The zero-order valence-corrected chi connectivity index (χ0v) is 11.4. The first-order chi connectivity index (χ1) is 8.17. The zero-order chi connectivity index (χ0) is 12.3. The first-order valence-corrected chi connectivity index (χ1v) is 7.26. The molecule has 1 atom stereocenters. The van der Waals surface area contributed by atoms with Crippen LogP contribution >= 0.6 is 0 Å². The second kappa shape index (κ2) is 5.28. The SMILES string of the molecule is CCCCCCCC1(C)CN=C(N)N1C1CC1. The highest BCUT2D eigenvalue weighted by Gasteiger charge is 2.45. The fraction of sp³-hybridized carbons (Fsp3) is 0.929. The lowest BCUT2D eigenvalue weighted by atomic mass is 9.93. The van der Waals surface area contributed by atoms with Crippen molar-refractivity contribution >= 4 is 5.96 Å². The van der Waals surface area contributed by atoms with E-state index in [0.717, 1.165) is 12.5 Å². The van der Waals surface area contributed by atoms with Crippen LogP contribution in [0.25, 0.3) is 0 Å². The van der Waals surface area contributed by atoms with Crippen LogP contribution in [0.5, 0.6) is 0 Å². The highest BCUT2D eigenvalue weighted by molar-refractivity contribution is 5.81. The normalized spacial score (nSPS) is 28.6. The number of guanidine groups is 1. The number of unbranched alkanes of at least 4 members (excludes halogenated alkanes) is 4. The van der Waals surface area contributed by atoms with E-state index in [2.05, 4.69) is 23.7 Å². The summed E-state index contributed by atoms with van der Waals surface area (Å²) in [6, 6.07) is 0.696. The number of hydrogen-bond donors (Lipinski definition) is 1. The molecule has 2 rings (SSSR count). The topological polar surface area (TPSA) is 41.6 Å². The van der Waals surface area contributed by atoms with Crippen LogP contribution in [-0.4, -0.2) is 29.0 Å². The Morgan fingerprint density at radius 2 is 2.00 bits per heavy atom.